The second kappa shape index (κ2) is 5.44. The molecule has 0 aliphatic rings. The molecule has 0 atom stereocenters. The van der Waals surface area contributed by atoms with E-state index >= 15 is 0 Å². The van der Waals surface area contributed by atoms with E-state index in [1.807, 2.05) is 12.1 Å². The highest BCUT2D eigenvalue weighted by Crippen LogP contribution is 2.33. The van der Waals surface area contributed by atoms with Crippen molar-refractivity contribution >= 4 is 28.2 Å². The number of aryl methyl sites for hydroxylation is 1. The van der Waals surface area contributed by atoms with Crippen LogP contribution in [0, 0.1) is 0 Å². The molecule has 0 radical (unpaired) electrons. The highest BCUT2D eigenvalue weighted by Gasteiger charge is 2.09. The number of fused-ring (bicyclic) bond motifs is 1. The molecule has 1 heterocycles. The van der Waals surface area contributed by atoms with Crippen molar-refractivity contribution < 1.29 is 4.74 Å². The second-order valence-corrected chi connectivity index (χ2v) is 4.46. The Balaban J connectivity index is 2.69. The van der Waals surface area contributed by atoms with E-state index in [-0.39, 0.29) is 0 Å². The molecule has 96 valence electrons. The van der Waals surface area contributed by atoms with Gasteiger partial charge in [-0.05, 0) is 25.5 Å². The van der Waals surface area contributed by atoms with Gasteiger partial charge in [0, 0.05) is 29.4 Å². The average molecular weight is 265 g/mol. The highest BCUT2D eigenvalue weighted by molar-refractivity contribution is 6.33. The number of nitrogens with zero attached hydrogens (tertiary/aromatic N) is 1. The zero-order chi connectivity index (χ0) is 13.1. The van der Waals surface area contributed by atoms with Crippen LogP contribution in [0.4, 0.5) is 5.69 Å². The molecule has 0 aliphatic heterocycles. The standard InChI is InChI=1S/C14H17ClN2O/c1-4-9-6-12(16-5-2)10-7-11(15)14(18-3)8-13(10)17-9/h6-8H,4-5H2,1-3H3,(H,16,17). The quantitative estimate of drug-likeness (QED) is 0.910. The fraction of sp³-hybridized carbons (Fsp3) is 0.357. The van der Waals surface area contributed by atoms with E-state index in [0.717, 1.165) is 35.2 Å². The maximum absolute atomic E-state index is 6.17. The number of hydrogen-bond donors (Lipinski definition) is 1. The molecule has 18 heavy (non-hydrogen) atoms. The van der Waals surface area contributed by atoms with Gasteiger partial charge in [-0.15, -0.1) is 0 Å². The third kappa shape index (κ3) is 2.36. The van der Waals surface area contributed by atoms with Gasteiger partial charge in [-0.3, -0.25) is 4.98 Å². The summed E-state index contributed by atoms with van der Waals surface area (Å²) in [5.74, 6) is 0.660. The van der Waals surface area contributed by atoms with Gasteiger partial charge >= 0.3 is 0 Å². The first kappa shape index (κ1) is 13.0. The van der Waals surface area contributed by atoms with Crippen LogP contribution >= 0.6 is 11.6 Å². The Labute approximate surface area is 112 Å². The van der Waals surface area contributed by atoms with E-state index < -0.39 is 0 Å². The van der Waals surface area contributed by atoms with Crippen molar-refractivity contribution in [2.75, 3.05) is 19.0 Å². The van der Waals surface area contributed by atoms with Crippen LogP contribution < -0.4 is 10.1 Å². The van der Waals surface area contributed by atoms with E-state index in [2.05, 4.69) is 30.2 Å². The van der Waals surface area contributed by atoms with Crippen LogP contribution in [0.2, 0.25) is 5.02 Å². The first-order valence-corrected chi connectivity index (χ1v) is 6.48. The molecule has 0 saturated heterocycles. The number of nitrogens with one attached hydrogen (secondary N) is 1. The molecule has 0 fully saturated rings. The van der Waals surface area contributed by atoms with Gasteiger partial charge in [0.15, 0.2) is 0 Å². The normalized spacial score (nSPS) is 10.7. The average Bonchev–Trinajstić information content (AvgIpc) is 2.38. The van der Waals surface area contributed by atoms with Crippen molar-refractivity contribution in [1.82, 2.24) is 4.98 Å². The predicted molar refractivity (Wildman–Crippen MR) is 76.8 cm³/mol. The van der Waals surface area contributed by atoms with Crippen molar-refractivity contribution in [3.63, 3.8) is 0 Å². The molecule has 0 spiro atoms. The molecule has 0 amide bonds. The molecule has 3 nitrogen and oxygen atoms in total. The number of ether oxygens (including phenoxy) is 1. The maximum Gasteiger partial charge on any atom is 0.139 e. The van der Waals surface area contributed by atoms with Gasteiger partial charge in [0.25, 0.3) is 0 Å². The lowest BCUT2D eigenvalue weighted by atomic mass is 10.1. The zero-order valence-electron chi connectivity index (χ0n) is 10.9. The van der Waals surface area contributed by atoms with E-state index in [4.69, 9.17) is 16.3 Å². The smallest absolute Gasteiger partial charge is 0.139 e. The lowest BCUT2D eigenvalue weighted by Gasteiger charge is -2.12. The summed E-state index contributed by atoms with van der Waals surface area (Å²) in [4.78, 5) is 4.61. The van der Waals surface area contributed by atoms with Gasteiger partial charge in [-0.2, -0.15) is 0 Å². The summed E-state index contributed by atoms with van der Waals surface area (Å²) in [6.07, 6.45) is 0.902. The van der Waals surface area contributed by atoms with Crippen LogP contribution in [0.3, 0.4) is 0 Å². The van der Waals surface area contributed by atoms with Crippen molar-refractivity contribution in [2.24, 2.45) is 0 Å². The lowest BCUT2D eigenvalue weighted by molar-refractivity contribution is 0.415. The Morgan fingerprint density at radius 1 is 1.28 bits per heavy atom. The number of aromatic nitrogens is 1. The van der Waals surface area contributed by atoms with E-state index in [1.54, 1.807) is 7.11 Å². The molecule has 4 heteroatoms. The van der Waals surface area contributed by atoms with Crippen LogP contribution in [0.15, 0.2) is 18.2 Å². The molecule has 0 saturated carbocycles. The van der Waals surface area contributed by atoms with E-state index in [1.165, 1.54) is 0 Å². The summed E-state index contributed by atoms with van der Waals surface area (Å²) in [7, 11) is 1.61. The van der Waals surface area contributed by atoms with Crippen LogP contribution in [-0.4, -0.2) is 18.6 Å². The number of pyridine rings is 1. The third-order valence-corrected chi connectivity index (χ3v) is 3.16. The van der Waals surface area contributed by atoms with Gasteiger partial charge in [0.1, 0.15) is 5.75 Å². The minimum absolute atomic E-state index is 0.607. The summed E-state index contributed by atoms with van der Waals surface area (Å²) in [6, 6.07) is 5.87. The second-order valence-electron chi connectivity index (χ2n) is 4.05. The Morgan fingerprint density at radius 3 is 2.67 bits per heavy atom. The SMILES string of the molecule is CCNc1cc(CC)nc2cc(OC)c(Cl)cc12. The molecular formula is C14H17ClN2O. The Hall–Kier alpha value is -1.48. The Morgan fingerprint density at radius 2 is 2.06 bits per heavy atom. The van der Waals surface area contributed by atoms with E-state index in [0.29, 0.717) is 10.8 Å². The third-order valence-electron chi connectivity index (χ3n) is 2.86. The first-order valence-electron chi connectivity index (χ1n) is 6.10. The molecular weight excluding hydrogens is 248 g/mol. The molecule has 1 aromatic heterocycles. The fourth-order valence-electron chi connectivity index (χ4n) is 1.96. The molecule has 1 aromatic carbocycles. The molecule has 2 rings (SSSR count). The Bertz CT molecular complexity index is 569. The highest BCUT2D eigenvalue weighted by atomic mass is 35.5. The maximum atomic E-state index is 6.17. The monoisotopic (exact) mass is 264 g/mol. The van der Waals surface area contributed by atoms with Crippen molar-refractivity contribution in [1.29, 1.82) is 0 Å². The minimum Gasteiger partial charge on any atom is -0.495 e. The number of benzene rings is 1. The number of anilines is 1. The Kier molecular flexibility index (Phi) is 3.92. The van der Waals surface area contributed by atoms with Crippen molar-refractivity contribution in [3.05, 3.63) is 28.9 Å². The van der Waals surface area contributed by atoms with Crippen LogP contribution in [-0.2, 0) is 6.42 Å². The van der Waals surface area contributed by atoms with Crippen molar-refractivity contribution in [2.45, 2.75) is 20.3 Å². The summed E-state index contributed by atoms with van der Waals surface area (Å²) in [6.45, 7) is 5.03. The van der Waals surface area contributed by atoms with Gasteiger partial charge in [-0.25, -0.2) is 0 Å². The molecule has 0 aliphatic carbocycles. The topological polar surface area (TPSA) is 34.2 Å². The molecule has 1 N–H and O–H groups in total. The molecule has 2 aromatic rings. The lowest BCUT2D eigenvalue weighted by Crippen LogP contribution is -2.00. The van der Waals surface area contributed by atoms with Gasteiger partial charge in [-0.1, -0.05) is 18.5 Å². The van der Waals surface area contributed by atoms with Gasteiger partial charge in [0.2, 0.25) is 0 Å². The fourth-order valence-corrected chi connectivity index (χ4v) is 2.20. The first-order chi connectivity index (χ1) is 8.69. The number of rotatable bonds is 4. The number of hydrogen-bond acceptors (Lipinski definition) is 3. The minimum atomic E-state index is 0.607. The predicted octanol–water partition coefficient (Wildman–Crippen LogP) is 3.89. The van der Waals surface area contributed by atoms with Gasteiger partial charge < -0.3 is 10.1 Å². The summed E-state index contributed by atoms with van der Waals surface area (Å²) in [5, 5.41) is 4.98. The van der Waals surface area contributed by atoms with Crippen molar-refractivity contribution in [3.8, 4) is 5.75 Å². The summed E-state index contributed by atoms with van der Waals surface area (Å²) in [5.41, 5.74) is 3.04. The number of halogens is 1. The van der Waals surface area contributed by atoms with Gasteiger partial charge in [0.05, 0.1) is 17.6 Å². The zero-order valence-corrected chi connectivity index (χ0v) is 11.6. The largest absolute Gasteiger partial charge is 0.495 e. The molecule has 0 unspecified atom stereocenters. The van der Waals surface area contributed by atoms with E-state index in [9.17, 15) is 0 Å². The summed E-state index contributed by atoms with van der Waals surface area (Å²) >= 11 is 6.17. The van der Waals surface area contributed by atoms with Crippen LogP contribution in [0.1, 0.15) is 19.5 Å². The number of methoxy groups -OCH3 is 1. The van der Waals surface area contributed by atoms with Crippen LogP contribution in [0.5, 0.6) is 5.75 Å². The van der Waals surface area contributed by atoms with Crippen LogP contribution in [0.25, 0.3) is 10.9 Å². The summed E-state index contributed by atoms with van der Waals surface area (Å²) < 4.78 is 5.23. The molecule has 0 bridgehead atoms.